The monoisotopic (exact) mass is 160 g/mol. The molecule has 3 nitrogen and oxygen atoms in total. The Morgan fingerprint density at radius 1 is 1.45 bits per heavy atom. The summed E-state index contributed by atoms with van der Waals surface area (Å²) in [4.78, 5) is 0. The minimum Gasteiger partial charge on any atom is -0.377 e. The standard InChI is InChI=1S/C8H20N2O/c1-8(2,11-3)7-10-6-4-5-9/h10H,4-7,9H2,1-3H3. The SMILES string of the molecule is COC(C)(C)CNCCCN. The van der Waals surface area contributed by atoms with Gasteiger partial charge in [0.15, 0.2) is 0 Å². The third-order valence-corrected chi connectivity index (χ3v) is 1.66. The van der Waals surface area contributed by atoms with Gasteiger partial charge in [0, 0.05) is 13.7 Å². The molecule has 0 unspecified atom stereocenters. The molecule has 0 radical (unpaired) electrons. The zero-order valence-electron chi connectivity index (χ0n) is 7.81. The second-order valence-electron chi connectivity index (χ2n) is 3.28. The number of rotatable bonds is 6. The zero-order valence-corrected chi connectivity index (χ0v) is 7.81. The minimum atomic E-state index is -0.0609. The normalized spacial score (nSPS) is 12.0. The Labute approximate surface area is 69.3 Å². The van der Waals surface area contributed by atoms with Gasteiger partial charge < -0.3 is 15.8 Å². The van der Waals surface area contributed by atoms with Gasteiger partial charge in [-0.15, -0.1) is 0 Å². The van der Waals surface area contributed by atoms with E-state index >= 15 is 0 Å². The van der Waals surface area contributed by atoms with Crippen LogP contribution >= 0.6 is 0 Å². The molecule has 0 atom stereocenters. The topological polar surface area (TPSA) is 47.3 Å². The Morgan fingerprint density at radius 2 is 2.09 bits per heavy atom. The fourth-order valence-electron chi connectivity index (χ4n) is 0.689. The molecule has 0 aromatic carbocycles. The van der Waals surface area contributed by atoms with E-state index in [9.17, 15) is 0 Å². The van der Waals surface area contributed by atoms with Crippen LogP contribution in [0.3, 0.4) is 0 Å². The van der Waals surface area contributed by atoms with Gasteiger partial charge >= 0.3 is 0 Å². The molecule has 0 rings (SSSR count). The van der Waals surface area contributed by atoms with Crippen molar-refractivity contribution in [3.63, 3.8) is 0 Å². The molecule has 0 heterocycles. The molecule has 0 spiro atoms. The summed E-state index contributed by atoms with van der Waals surface area (Å²) in [5.74, 6) is 0. The molecule has 0 aromatic rings. The van der Waals surface area contributed by atoms with Crippen LogP contribution in [0.1, 0.15) is 20.3 Å². The van der Waals surface area contributed by atoms with Crippen molar-refractivity contribution in [2.24, 2.45) is 5.73 Å². The quantitative estimate of drug-likeness (QED) is 0.551. The van der Waals surface area contributed by atoms with E-state index in [-0.39, 0.29) is 5.60 Å². The van der Waals surface area contributed by atoms with Gasteiger partial charge in [-0.1, -0.05) is 0 Å². The second-order valence-corrected chi connectivity index (χ2v) is 3.28. The Bertz CT molecular complexity index is 94.1. The van der Waals surface area contributed by atoms with Crippen molar-refractivity contribution in [3.8, 4) is 0 Å². The van der Waals surface area contributed by atoms with Crippen LogP contribution in [0.4, 0.5) is 0 Å². The molecule has 0 aliphatic rings. The van der Waals surface area contributed by atoms with Crippen molar-refractivity contribution >= 4 is 0 Å². The first-order valence-electron chi connectivity index (χ1n) is 4.08. The first-order chi connectivity index (χ1) is 5.12. The van der Waals surface area contributed by atoms with Gasteiger partial charge in [0.25, 0.3) is 0 Å². The van der Waals surface area contributed by atoms with Crippen molar-refractivity contribution in [2.45, 2.75) is 25.9 Å². The van der Waals surface area contributed by atoms with Crippen LogP contribution in [0.2, 0.25) is 0 Å². The van der Waals surface area contributed by atoms with E-state index in [1.165, 1.54) is 0 Å². The van der Waals surface area contributed by atoms with Crippen LogP contribution in [-0.4, -0.2) is 32.3 Å². The number of methoxy groups -OCH3 is 1. The van der Waals surface area contributed by atoms with Crippen molar-refractivity contribution in [3.05, 3.63) is 0 Å². The fourth-order valence-corrected chi connectivity index (χ4v) is 0.689. The molecule has 11 heavy (non-hydrogen) atoms. The molecule has 68 valence electrons. The predicted molar refractivity (Wildman–Crippen MR) is 47.6 cm³/mol. The number of hydrogen-bond acceptors (Lipinski definition) is 3. The van der Waals surface area contributed by atoms with Crippen LogP contribution in [0.5, 0.6) is 0 Å². The summed E-state index contributed by atoms with van der Waals surface area (Å²) >= 11 is 0. The summed E-state index contributed by atoms with van der Waals surface area (Å²) in [5, 5.41) is 3.27. The van der Waals surface area contributed by atoms with Crippen LogP contribution in [0.25, 0.3) is 0 Å². The molecule has 0 aliphatic heterocycles. The Balaban J connectivity index is 3.23. The average molecular weight is 160 g/mol. The van der Waals surface area contributed by atoms with Gasteiger partial charge in [0.2, 0.25) is 0 Å². The van der Waals surface area contributed by atoms with E-state index in [1.54, 1.807) is 7.11 Å². The van der Waals surface area contributed by atoms with Crippen molar-refractivity contribution in [2.75, 3.05) is 26.7 Å². The van der Waals surface area contributed by atoms with Gasteiger partial charge in [-0.25, -0.2) is 0 Å². The summed E-state index contributed by atoms with van der Waals surface area (Å²) in [5.41, 5.74) is 5.28. The lowest BCUT2D eigenvalue weighted by Gasteiger charge is -2.23. The predicted octanol–water partition coefficient (Wildman–Crippen LogP) is 0.350. The molecule has 0 aliphatic carbocycles. The van der Waals surface area contributed by atoms with Crippen LogP contribution in [0.15, 0.2) is 0 Å². The highest BCUT2D eigenvalue weighted by Crippen LogP contribution is 2.03. The largest absolute Gasteiger partial charge is 0.377 e. The summed E-state index contributed by atoms with van der Waals surface area (Å²) in [6.07, 6.45) is 1.03. The van der Waals surface area contributed by atoms with Crippen molar-refractivity contribution in [1.82, 2.24) is 5.32 Å². The van der Waals surface area contributed by atoms with Crippen molar-refractivity contribution < 1.29 is 4.74 Å². The zero-order chi connectivity index (χ0) is 8.74. The molecule has 3 heteroatoms. The third kappa shape index (κ3) is 6.28. The Kier molecular flexibility index (Phi) is 5.46. The first-order valence-corrected chi connectivity index (χ1v) is 4.08. The maximum atomic E-state index is 5.34. The lowest BCUT2D eigenvalue weighted by Crippen LogP contribution is -2.37. The van der Waals surface area contributed by atoms with Crippen LogP contribution in [-0.2, 0) is 4.74 Å². The summed E-state index contributed by atoms with van der Waals surface area (Å²) in [7, 11) is 1.73. The van der Waals surface area contributed by atoms with E-state index in [4.69, 9.17) is 10.5 Å². The highest BCUT2D eigenvalue weighted by molar-refractivity contribution is 4.70. The second kappa shape index (κ2) is 5.52. The van der Waals surface area contributed by atoms with E-state index in [2.05, 4.69) is 19.2 Å². The number of nitrogens with one attached hydrogen (secondary N) is 1. The minimum absolute atomic E-state index is 0.0609. The molecule has 0 bridgehead atoms. The molecular weight excluding hydrogens is 140 g/mol. The summed E-state index contributed by atoms with van der Waals surface area (Å²) in [6, 6.07) is 0. The lowest BCUT2D eigenvalue weighted by atomic mass is 10.1. The average Bonchev–Trinajstić information content (AvgIpc) is 1.99. The van der Waals surface area contributed by atoms with Gasteiger partial charge in [-0.2, -0.15) is 0 Å². The van der Waals surface area contributed by atoms with Gasteiger partial charge in [-0.05, 0) is 33.4 Å². The van der Waals surface area contributed by atoms with Crippen LogP contribution < -0.4 is 11.1 Å². The molecular formula is C8H20N2O. The molecule has 0 fully saturated rings. The van der Waals surface area contributed by atoms with Gasteiger partial charge in [-0.3, -0.25) is 0 Å². The maximum absolute atomic E-state index is 5.34. The third-order valence-electron chi connectivity index (χ3n) is 1.66. The molecule has 0 aromatic heterocycles. The Hall–Kier alpha value is -0.120. The van der Waals surface area contributed by atoms with Gasteiger partial charge in [0.1, 0.15) is 0 Å². The van der Waals surface area contributed by atoms with Crippen LogP contribution in [0, 0.1) is 0 Å². The van der Waals surface area contributed by atoms with E-state index in [1.807, 2.05) is 0 Å². The molecule has 0 saturated carbocycles. The smallest absolute Gasteiger partial charge is 0.0746 e. The van der Waals surface area contributed by atoms with E-state index in [0.29, 0.717) is 0 Å². The highest BCUT2D eigenvalue weighted by Gasteiger charge is 2.14. The summed E-state index contributed by atoms with van der Waals surface area (Å²) in [6.45, 7) is 6.72. The molecule has 3 N–H and O–H groups in total. The summed E-state index contributed by atoms with van der Waals surface area (Å²) < 4.78 is 5.22. The van der Waals surface area contributed by atoms with E-state index < -0.39 is 0 Å². The fraction of sp³-hybridized carbons (Fsp3) is 1.00. The molecule has 0 amide bonds. The number of ether oxygens (including phenoxy) is 1. The number of nitrogens with two attached hydrogens (primary N) is 1. The van der Waals surface area contributed by atoms with E-state index in [0.717, 1.165) is 26.1 Å². The first kappa shape index (κ1) is 10.9. The highest BCUT2D eigenvalue weighted by atomic mass is 16.5. The number of hydrogen-bond donors (Lipinski definition) is 2. The Morgan fingerprint density at radius 3 is 2.55 bits per heavy atom. The van der Waals surface area contributed by atoms with Gasteiger partial charge in [0.05, 0.1) is 5.60 Å². The lowest BCUT2D eigenvalue weighted by molar-refractivity contribution is 0.0234. The van der Waals surface area contributed by atoms with Crippen molar-refractivity contribution in [1.29, 1.82) is 0 Å². The molecule has 0 saturated heterocycles. The maximum Gasteiger partial charge on any atom is 0.0746 e.